The number of nitrogens with one attached hydrogen (secondary N) is 3. The fourth-order valence-corrected chi connectivity index (χ4v) is 12.2. The van der Waals surface area contributed by atoms with Crippen LogP contribution in [-0.2, 0) is 51.3 Å². The van der Waals surface area contributed by atoms with Crippen molar-refractivity contribution in [3.8, 4) is 17.2 Å². The smallest absolute Gasteiger partial charge is 0.254 e. The third kappa shape index (κ3) is 23.1. The zero-order valence-electron chi connectivity index (χ0n) is 60.6. The van der Waals surface area contributed by atoms with Gasteiger partial charge in [-0.25, -0.2) is 16.3 Å². The van der Waals surface area contributed by atoms with Gasteiger partial charge in [0, 0.05) is 120 Å². The van der Waals surface area contributed by atoms with Crippen molar-refractivity contribution in [1.82, 2.24) is 45.7 Å². The summed E-state index contributed by atoms with van der Waals surface area (Å²) in [6, 6.07) is 40.7. The van der Waals surface area contributed by atoms with E-state index < -0.39 is 0 Å². The first kappa shape index (κ1) is 75.9. The lowest BCUT2D eigenvalue weighted by atomic mass is 9.79. The SMILES string of the molecule is C=CCc1cccc(/C=N/NC(=O)CN2CCN(Cc3ccc(C)c(C)c3)CC2)c1O.Cc1ccc(CN2CCN(CC(=O)N/N=C/c3c(O)ccc4ccccc34)CC2)cc1C.Cc1ccc(CN2CCN(CC(=O)N/N=C/c3cc(C(C)(C)C)cc(C(C)(C)C)c3O)CC2)cc1C. The number of hydrazone groups is 3. The van der Waals surface area contributed by atoms with Gasteiger partial charge >= 0.3 is 0 Å². The number of hydrogen-bond acceptors (Lipinski definition) is 15. The quantitative estimate of drug-likeness (QED) is 0.0240. The molecule has 3 fully saturated rings. The molecule has 10 rings (SSSR count). The van der Waals surface area contributed by atoms with Gasteiger partial charge in [0.2, 0.25) is 0 Å². The molecule has 18 heteroatoms. The topological polar surface area (TPSA) is 205 Å². The highest BCUT2D eigenvalue weighted by Gasteiger charge is 2.26. The molecule has 0 aliphatic carbocycles. The van der Waals surface area contributed by atoms with Gasteiger partial charge in [-0.15, -0.1) is 6.58 Å². The van der Waals surface area contributed by atoms with Crippen molar-refractivity contribution in [1.29, 1.82) is 0 Å². The van der Waals surface area contributed by atoms with E-state index >= 15 is 0 Å². The number of amides is 3. The summed E-state index contributed by atoms with van der Waals surface area (Å²) in [6.45, 7) is 43.8. The number of rotatable bonds is 20. The minimum absolute atomic E-state index is 0.0695. The zero-order chi connectivity index (χ0) is 71.4. The van der Waals surface area contributed by atoms with Crippen LogP contribution in [0.1, 0.15) is 125 Å². The lowest BCUT2D eigenvalue weighted by Gasteiger charge is -2.34. The first-order chi connectivity index (χ1) is 47.2. The van der Waals surface area contributed by atoms with Crippen molar-refractivity contribution < 1.29 is 29.7 Å². The first-order valence-corrected chi connectivity index (χ1v) is 34.7. The van der Waals surface area contributed by atoms with E-state index in [-0.39, 0.29) is 45.8 Å². The van der Waals surface area contributed by atoms with Crippen molar-refractivity contribution >= 4 is 47.1 Å². The summed E-state index contributed by atoms with van der Waals surface area (Å²) in [4.78, 5) is 50.9. The van der Waals surface area contributed by atoms with E-state index in [2.05, 4.69) is 211 Å². The molecule has 0 atom stereocenters. The molecule has 7 aromatic carbocycles. The van der Waals surface area contributed by atoms with Gasteiger partial charge in [0.25, 0.3) is 17.7 Å². The number of allylic oxidation sites excluding steroid dienone is 1. The van der Waals surface area contributed by atoms with Crippen LogP contribution in [0.4, 0.5) is 0 Å². The van der Waals surface area contributed by atoms with E-state index in [9.17, 15) is 29.7 Å². The Morgan fingerprint density at radius 2 is 0.859 bits per heavy atom. The van der Waals surface area contributed by atoms with Crippen LogP contribution >= 0.6 is 0 Å². The molecule has 0 radical (unpaired) electrons. The number of nitrogens with zero attached hydrogens (tertiary/aromatic N) is 9. The van der Waals surface area contributed by atoms with Crippen molar-refractivity contribution in [2.75, 3.05) is 98.2 Å². The fraction of sp³-hybridized carbons (Fsp3) is 0.407. The van der Waals surface area contributed by atoms with Crippen LogP contribution in [0.25, 0.3) is 10.8 Å². The Morgan fingerprint density at radius 1 is 0.444 bits per heavy atom. The number of phenolic OH excluding ortho intramolecular Hbond substituents is 3. The van der Waals surface area contributed by atoms with Gasteiger partial charge in [-0.1, -0.05) is 151 Å². The second-order valence-electron chi connectivity index (χ2n) is 28.8. The highest BCUT2D eigenvalue weighted by molar-refractivity contribution is 6.02. The number of aryl methyl sites for hydroxylation is 6. The largest absolute Gasteiger partial charge is 0.507 e. The summed E-state index contributed by atoms with van der Waals surface area (Å²) in [5.41, 5.74) is 24.1. The molecule has 3 saturated heterocycles. The number of para-hydroxylation sites is 1. The van der Waals surface area contributed by atoms with E-state index in [1.165, 1.54) is 62.5 Å². The number of phenols is 3. The van der Waals surface area contributed by atoms with Crippen molar-refractivity contribution in [3.63, 3.8) is 0 Å². The molecule has 0 aromatic heterocycles. The summed E-state index contributed by atoms with van der Waals surface area (Å²) in [5.74, 6) is 0.0795. The van der Waals surface area contributed by atoms with Crippen LogP contribution in [0.5, 0.6) is 17.2 Å². The lowest BCUT2D eigenvalue weighted by molar-refractivity contribution is -0.123. The number of carbonyl (C=O) groups excluding carboxylic acids is 3. The van der Waals surface area contributed by atoms with Crippen LogP contribution < -0.4 is 16.3 Å². The highest BCUT2D eigenvalue weighted by atomic mass is 16.3. The molecule has 3 aliphatic heterocycles. The van der Waals surface area contributed by atoms with Crippen LogP contribution in [0.2, 0.25) is 0 Å². The van der Waals surface area contributed by atoms with E-state index in [0.29, 0.717) is 42.7 Å². The second kappa shape index (κ2) is 35.8. The Morgan fingerprint density at radius 3 is 1.27 bits per heavy atom. The van der Waals surface area contributed by atoms with E-state index in [0.717, 1.165) is 126 Å². The standard InChI is InChI=1S/C30H44N4O2.C26H30N4O2.C25H32N4O2/c1-21-9-10-23(15-22(21)2)19-33-11-13-34(14-12-33)20-27(35)32-31-18-24-16-25(29(3,4)5)17-26(28(24)36)30(6,7)8;1-19-7-8-21(15-20(19)2)17-29-11-13-30(14-12-29)18-26(32)28-27-16-24-23-6-4-3-5-22(23)9-10-25(24)31;1-4-6-22-7-5-8-23(25(22)31)16-26-27-24(30)18-29-13-11-28(12-14-29)17-21-10-9-19(2)20(3)15-21/h9-10,15-18,36H,11-14,19-20H2,1-8H3,(H,32,35);3-10,15-16,31H,11-14,17-18H2,1-2H3,(H,28,32);4-5,7-10,15-16,31H,1,6,11-14,17-18H2,2-3H3,(H,27,30)/b31-18+;27-16+;26-16+. The second-order valence-corrected chi connectivity index (χ2v) is 28.8. The van der Waals surface area contributed by atoms with Crippen molar-refractivity contribution in [3.05, 3.63) is 217 Å². The van der Waals surface area contributed by atoms with Crippen LogP contribution in [0, 0.1) is 41.5 Å². The number of carbonyl (C=O) groups is 3. The van der Waals surface area contributed by atoms with E-state index in [1.54, 1.807) is 24.4 Å². The molecule has 3 amide bonds. The van der Waals surface area contributed by atoms with Crippen LogP contribution in [0.15, 0.2) is 149 Å². The Labute approximate surface area is 587 Å². The fourth-order valence-electron chi connectivity index (χ4n) is 12.2. The maximum absolute atomic E-state index is 12.5. The Kier molecular flexibility index (Phi) is 27.4. The number of piperazine rings is 3. The van der Waals surface area contributed by atoms with E-state index in [1.807, 2.05) is 48.5 Å². The molecule has 18 nitrogen and oxygen atoms in total. The third-order valence-corrected chi connectivity index (χ3v) is 18.9. The predicted molar refractivity (Wildman–Crippen MR) is 403 cm³/mol. The molecule has 0 bridgehead atoms. The van der Waals surface area contributed by atoms with Gasteiger partial charge in [-0.2, -0.15) is 15.3 Å². The first-order valence-electron chi connectivity index (χ1n) is 34.7. The molecule has 6 N–H and O–H groups in total. The maximum atomic E-state index is 12.5. The molecule has 0 unspecified atom stereocenters. The van der Waals surface area contributed by atoms with Crippen LogP contribution in [-0.4, -0.2) is 179 Å². The Bertz CT molecular complexity index is 3990. The monoisotopic (exact) mass is 1340 g/mol. The van der Waals surface area contributed by atoms with Gasteiger partial charge < -0.3 is 15.3 Å². The average Bonchev–Trinajstić information content (AvgIpc) is 0.795. The molecule has 3 aliphatic rings. The summed E-state index contributed by atoms with van der Waals surface area (Å²) in [6.07, 6.45) is 6.85. The highest BCUT2D eigenvalue weighted by Crippen LogP contribution is 2.37. The van der Waals surface area contributed by atoms with E-state index in [4.69, 9.17) is 0 Å². The molecule has 7 aromatic rings. The molecule has 0 saturated carbocycles. The molecule has 99 heavy (non-hydrogen) atoms. The summed E-state index contributed by atoms with van der Waals surface area (Å²) < 4.78 is 0. The maximum Gasteiger partial charge on any atom is 0.254 e. The van der Waals surface area contributed by atoms with Gasteiger partial charge in [-0.05, 0) is 149 Å². The number of benzene rings is 7. The zero-order valence-corrected chi connectivity index (χ0v) is 60.6. The van der Waals surface area contributed by atoms with Gasteiger partial charge in [0.1, 0.15) is 17.2 Å². The molecule has 0 spiro atoms. The summed E-state index contributed by atoms with van der Waals surface area (Å²) in [7, 11) is 0. The molecular weight excluding hydrogens is 1240 g/mol. The minimum Gasteiger partial charge on any atom is -0.507 e. The third-order valence-electron chi connectivity index (χ3n) is 18.9. The van der Waals surface area contributed by atoms with Crippen LogP contribution in [0.3, 0.4) is 0 Å². The molecule has 3 heterocycles. The normalized spacial score (nSPS) is 15.6. The van der Waals surface area contributed by atoms with Crippen molar-refractivity contribution in [2.45, 2.75) is 120 Å². The minimum atomic E-state index is -0.211. The summed E-state index contributed by atoms with van der Waals surface area (Å²) in [5, 5.41) is 45.5. The predicted octanol–water partition coefficient (Wildman–Crippen LogP) is 11.3. The molecule has 526 valence electrons. The Balaban J connectivity index is 0.000000190. The average molecular weight is 1340 g/mol. The number of hydrogen-bond donors (Lipinski definition) is 6. The number of fused-ring (bicyclic) bond motifs is 1. The molecular formula is C81H106N12O6. The van der Waals surface area contributed by atoms with Crippen molar-refractivity contribution in [2.24, 2.45) is 15.3 Å². The summed E-state index contributed by atoms with van der Waals surface area (Å²) >= 11 is 0. The van der Waals surface area contributed by atoms with Gasteiger partial charge in [-0.3, -0.25) is 43.8 Å². The van der Waals surface area contributed by atoms with Gasteiger partial charge in [0.05, 0.1) is 38.3 Å². The lowest BCUT2D eigenvalue weighted by Crippen LogP contribution is -2.48. The number of aromatic hydroxyl groups is 3. The van der Waals surface area contributed by atoms with Gasteiger partial charge in [0.15, 0.2) is 0 Å². The Hall–Kier alpha value is -8.88.